The summed E-state index contributed by atoms with van der Waals surface area (Å²) in [6.45, 7) is 6.20. The number of cyclic esters (lactones) is 1. The maximum absolute atomic E-state index is 13.6. The maximum Gasteiger partial charge on any atom is 0.343 e. The zero-order chi connectivity index (χ0) is 23.2. The van der Waals surface area contributed by atoms with Crippen LogP contribution in [0.15, 0.2) is 54.9 Å². The van der Waals surface area contributed by atoms with E-state index in [1.165, 1.54) is 4.80 Å². The van der Waals surface area contributed by atoms with E-state index < -0.39 is 5.60 Å². The van der Waals surface area contributed by atoms with Crippen LogP contribution in [0.3, 0.4) is 0 Å². The van der Waals surface area contributed by atoms with Gasteiger partial charge < -0.3 is 14.4 Å². The first-order chi connectivity index (χ1) is 15.8. The quantitative estimate of drug-likeness (QED) is 0.568. The summed E-state index contributed by atoms with van der Waals surface area (Å²) >= 11 is 0. The van der Waals surface area contributed by atoms with E-state index in [1.54, 1.807) is 24.5 Å². The Labute approximate surface area is 192 Å². The van der Waals surface area contributed by atoms with Crippen molar-refractivity contribution >= 4 is 11.9 Å². The molecule has 0 N–H and O–H groups in total. The second kappa shape index (κ2) is 8.03. The molecule has 0 spiro atoms. The monoisotopic (exact) mass is 446 g/mol. The van der Waals surface area contributed by atoms with Crippen molar-refractivity contribution in [3.63, 3.8) is 0 Å². The molecular weight excluding hydrogens is 420 g/mol. The van der Waals surface area contributed by atoms with Crippen molar-refractivity contribution in [2.75, 3.05) is 6.54 Å². The number of para-hydroxylation sites is 1. The number of aromatic nitrogens is 3. The lowest BCUT2D eigenvalue weighted by Crippen LogP contribution is -2.49. The molecule has 3 aromatic rings. The zero-order valence-corrected chi connectivity index (χ0v) is 18.9. The standard InChI is InChI=1S/C25H26N4O4/c1-16-11-12-17(32-21-10-6-8-19-22(21)24(31)33-25(19,2)3)15-28(16)23(30)18-7-4-5-9-20(18)29-26-13-14-27-29/h4-10,13-14,16-17H,11-12,15H2,1-3H3/t16-,17-/m1/s1. The SMILES string of the molecule is C[C@@H]1CC[C@@H](Oc2cccc3c2C(=O)OC3(C)C)CN1C(=O)c1ccccc1-n1nccn1. The van der Waals surface area contributed by atoms with Crippen molar-refractivity contribution < 1.29 is 19.1 Å². The molecule has 2 aliphatic heterocycles. The van der Waals surface area contributed by atoms with E-state index in [4.69, 9.17) is 9.47 Å². The fraction of sp³-hybridized carbons (Fsp3) is 0.360. The van der Waals surface area contributed by atoms with E-state index >= 15 is 0 Å². The predicted molar refractivity (Wildman–Crippen MR) is 120 cm³/mol. The van der Waals surface area contributed by atoms with Crippen LogP contribution in [-0.2, 0) is 10.3 Å². The number of amides is 1. The van der Waals surface area contributed by atoms with Gasteiger partial charge in [-0.25, -0.2) is 4.79 Å². The van der Waals surface area contributed by atoms with Gasteiger partial charge in [0.05, 0.1) is 30.2 Å². The van der Waals surface area contributed by atoms with E-state index in [-0.39, 0.29) is 24.0 Å². The highest BCUT2D eigenvalue weighted by Gasteiger charge is 2.41. The van der Waals surface area contributed by atoms with Crippen molar-refractivity contribution in [3.05, 3.63) is 71.5 Å². The maximum atomic E-state index is 13.6. The Morgan fingerprint density at radius 3 is 2.64 bits per heavy atom. The number of nitrogens with zero attached hydrogens (tertiary/aromatic N) is 4. The lowest BCUT2D eigenvalue weighted by atomic mass is 9.95. The van der Waals surface area contributed by atoms with Gasteiger partial charge in [-0.1, -0.05) is 24.3 Å². The smallest absolute Gasteiger partial charge is 0.343 e. The molecule has 1 amide bonds. The van der Waals surface area contributed by atoms with Crippen LogP contribution in [0.25, 0.3) is 5.69 Å². The molecule has 1 saturated heterocycles. The zero-order valence-electron chi connectivity index (χ0n) is 18.9. The number of hydrogen-bond donors (Lipinski definition) is 0. The predicted octanol–water partition coefficient (Wildman–Crippen LogP) is 3.74. The van der Waals surface area contributed by atoms with E-state index in [2.05, 4.69) is 10.2 Å². The summed E-state index contributed by atoms with van der Waals surface area (Å²) < 4.78 is 11.8. The molecule has 3 heterocycles. The number of likely N-dealkylation sites (tertiary alicyclic amines) is 1. The van der Waals surface area contributed by atoms with Crippen molar-refractivity contribution in [2.24, 2.45) is 0 Å². The van der Waals surface area contributed by atoms with Gasteiger partial charge in [-0.15, -0.1) is 0 Å². The average molecular weight is 447 g/mol. The van der Waals surface area contributed by atoms with Crippen molar-refractivity contribution in [3.8, 4) is 11.4 Å². The summed E-state index contributed by atoms with van der Waals surface area (Å²) in [5.74, 6) is 0.0436. The topological polar surface area (TPSA) is 86.5 Å². The van der Waals surface area contributed by atoms with Gasteiger partial charge in [0.15, 0.2) is 0 Å². The number of hydrogen-bond acceptors (Lipinski definition) is 6. The lowest BCUT2D eigenvalue weighted by molar-refractivity contribution is 0.00909. The van der Waals surface area contributed by atoms with E-state index in [9.17, 15) is 9.59 Å². The van der Waals surface area contributed by atoms with E-state index in [0.29, 0.717) is 29.1 Å². The van der Waals surface area contributed by atoms with Crippen molar-refractivity contribution in [1.29, 1.82) is 0 Å². The summed E-state index contributed by atoms with van der Waals surface area (Å²) in [6.07, 6.45) is 4.51. The van der Waals surface area contributed by atoms with Gasteiger partial charge in [0.2, 0.25) is 0 Å². The van der Waals surface area contributed by atoms with E-state index in [0.717, 1.165) is 18.4 Å². The summed E-state index contributed by atoms with van der Waals surface area (Å²) in [5.41, 5.74) is 1.79. The Morgan fingerprint density at radius 2 is 1.85 bits per heavy atom. The molecule has 8 heteroatoms. The molecule has 0 radical (unpaired) electrons. The van der Waals surface area contributed by atoms with Gasteiger partial charge >= 0.3 is 5.97 Å². The van der Waals surface area contributed by atoms with Crippen molar-refractivity contribution in [1.82, 2.24) is 19.9 Å². The molecule has 0 bridgehead atoms. The van der Waals surface area contributed by atoms with Crippen LogP contribution in [0.5, 0.6) is 5.75 Å². The number of ether oxygens (including phenoxy) is 2. The molecule has 1 aromatic heterocycles. The molecule has 1 fully saturated rings. The first-order valence-corrected chi connectivity index (χ1v) is 11.2. The van der Waals surface area contributed by atoms with Gasteiger partial charge in [-0.3, -0.25) is 4.79 Å². The Hall–Kier alpha value is -3.68. The first kappa shape index (κ1) is 21.2. The third-order valence-corrected chi connectivity index (χ3v) is 6.39. The Morgan fingerprint density at radius 1 is 1.09 bits per heavy atom. The molecular formula is C25H26N4O4. The Bertz CT molecular complexity index is 1200. The minimum absolute atomic E-state index is 0.0568. The summed E-state index contributed by atoms with van der Waals surface area (Å²) in [4.78, 5) is 29.4. The second-order valence-electron chi connectivity index (χ2n) is 9.04. The molecule has 0 unspecified atom stereocenters. The molecule has 5 rings (SSSR count). The Balaban J connectivity index is 1.40. The minimum atomic E-state index is -0.681. The van der Waals surface area contributed by atoms with Crippen molar-refractivity contribution in [2.45, 2.75) is 51.4 Å². The third-order valence-electron chi connectivity index (χ3n) is 6.39. The molecule has 33 heavy (non-hydrogen) atoms. The molecule has 2 aliphatic rings. The number of fused-ring (bicyclic) bond motifs is 1. The second-order valence-corrected chi connectivity index (χ2v) is 9.04. The number of rotatable bonds is 4. The van der Waals surface area contributed by atoms with Crippen LogP contribution < -0.4 is 4.74 Å². The number of carbonyl (C=O) groups is 2. The highest BCUT2D eigenvalue weighted by atomic mass is 16.6. The molecule has 170 valence electrons. The normalized spacial score (nSPS) is 21.4. The number of esters is 1. The van der Waals surface area contributed by atoms with Crippen LogP contribution in [0.1, 0.15) is 59.9 Å². The summed E-state index contributed by atoms with van der Waals surface area (Å²) in [6, 6.07) is 12.9. The fourth-order valence-corrected chi connectivity index (χ4v) is 4.64. The molecule has 8 nitrogen and oxygen atoms in total. The summed E-state index contributed by atoms with van der Waals surface area (Å²) in [7, 11) is 0. The van der Waals surface area contributed by atoms with Crippen LogP contribution >= 0.6 is 0 Å². The van der Waals surface area contributed by atoms with Gasteiger partial charge in [-0.05, 0) is 51.8 Å². The third kappa shape index (κ3) is 3.75. The molecule has 2 atom stereocenters. The molecule has 0 aliphatic carbocycles. The van der Waals surface area contributed by atoms with Crippen LogP contribution in [0.4, 0.5) is 0 Å². The minimum Gasteiger partial charge on any atom is -0.488 e. The van der Waals surface area contributed by atoms with Crippen LogP contribution in [-0.4, -0.2) is 50.5 Å². The lowest BCUT2D eigenvalue weighted by Gasteiger charge is -2.38. The number of benzene rings is 2. The summed E-state index contributed by atoms with van der Waals surface area (Å²) in [5, 5.41) is 8.37. The number of piperidine rings is 1. The highest BCUT2D eigenvalue weighted by Crippen LogP contribution is 2.41. The first-order valence-electron chi connectivity index (χ1n) is 11.2. The fourth-order valence-electron chi connectivity index (χ4n) is 4.64. The largest absolute Gasteiger partial charge is 0.488 e. The van der Waals surface area contributed by atoms with Crippen LogP contribution in [0.2, 0.25) is 0 Å². The van der Waals surface area contributed by atoms with Gasteiger partial charge in [-0.2, -0.15) is 15.0 Å². The van der Waals surface area contributed by atoms with E-state index in [1.807, 2.05) is 56.0 Å². The van der Waals surface area contributed by atoms with Gasteiger partial charge in [0, 0.05) is 11.6 Å². The van der Waals surface area contributed by atoms with Gasteiger partial charge in [0.25, 0.3) is 5.91 Å². The Kier molecular flexibility index (Phi) is 5.15. The van der Waals surface area contributed by atoms with Crippen LogP contribution in [0, 0.1) is 0 Å². The average Bonchev–Trinajstić information content (AvgIpc) is 3.41. The number of carbonyl (C=O) groups excluding carboxylic acids is 2. The molecule has 2 aromatic carbocycles. The highest BCUT2D eigenvalue weighted by molar-refractivity contribution is 5.98. The van der Waals surface area contributed by atoms with Gasteiger partial charge in [0.1, 0.15) is 23.0 Å². The molecule has 0 saturated carbocycles.